The SMILES string of the molecule is Cc1ccc(N2CCN(C(=O)c3cccc(C#N)c3)CC2)nn1. The Bertz CT molecular complexity index is 742. The number of hydrogen-bond acceptors (Lipinski definition) is 5. The van der Waals surface area contributed by atoms with Gasteiger partial charge in [0.25, 0.3) is 5.91 Å². The molecule has 1 aliphatic heterocycles. The Kier molecular flexibility index (Phi) is 4.20. The van der Waals surface area contributed by atoms with Crippen LogP contribution in [0.2, 0.25) is 0 Å². The molecule has 0 unspecified atom stereocenters. The van der Waals surface area contributed by atoms with Crippen LogP contribution in [0.4, 0.5) is 5.82 Å². The van der Waals surface area contributed by atoms with E-state index in [1.807, 2.05) is 24.0 Å². The summed E-state index contributed by atoms with van der Waals surface area (Å²) in [5.41, 5.74) is 1.96. The molecule has 0 radical (unpaired) electrons. The summed E-state index contributed by atoms with van der Waals surface area (Å²) in [5, 5.41) is 17.2. The minimum Gasteiger partial charge on any atom is -0.352 e. The van der Waals surface area contributed by atoms with Crippen LogP contribution in [0.5, 0.6) is 0 Å². The number of carbonyl (C=O) groups excluding carboxylic acids is 1. The van der Waals surface area contributed by atoms with E-state index in [1.54, 1.807) is 24.3 Å². The van der Waals surface area contributed by atoms with E-state index in [-0.39, 0.29) is 5.91 Å². The van der Waals surface area contributed by atoms with Gasteiger partial charge in [-0.3, -0.25) is 4.79 Å². The van der Waals surface area contributed by atoms with Crippen LogP contribution in [0.3, 0.4) is 0 Å². The number of amides is 1. The van der Waals surface area contributed by atoms with Gasteiger partial charge in [0.15, 0.2) is 5.82 Å². The lowest BCUT2D eigenvalue weighted by atomic mass is 10.1. The smallest absolute Gasteiger partial charge is 0.254 e. The van der Waals surface area contributed by atoms with Gasteiger partial charge in [0.05, 0.1) is 17.3 Å². The molecule has 1 aromatic heterocycles. The van der Waals surface area contributed by atoms with E-state index in [2.05, 4.69) is 21.2 Å². The molecule has 1 fully saturated rings. The summed E-state index contributed by atoms with van der Waals surface area (Å²) < 4.78 is 0. The summed E-state index contributed by atoms with van der Waals surface area (Å²) >= 11 is 0. The van der Waals surface area contributed by atoms with Crippen molar-refractivity contribution < 1.29 is 4.79 Å². The molecule has 6 nitrogen and oxygen atoms in total. The molecule has 2 heterocycles. The largest absolute Gasteiger partial charge is 0.352 e. The van der Waals surface area contributed by atoms with E-state index in [0.29, 0.717) is 24.2 Å². The van der Waals surface area contributed by atoms with Gasteiger partial charge in [0.1, 0.15) is 0 Å². The molecule has 0 saturated carbocycles. The highest BCUT2D eigenvalue weighted by Crippen LogP contribution is 2.15. The highest BCUT2D eigenvalue weighted by Gasteiger charge is 2.23. The summed E-state index contributed by atoms with van der Waals surface area (Å²) in [6.07, 6.45) is 0. The topological polar surface area (TPSA) is 73.1 Å². The number of nitrogens with zero attached hydrogens (tertiary/aromatic N) is 5. The van der Waals surface area contributed by atoms with Gasteiger partial charge in [-0.1, -0.05) is 6.07 Å². The second-order valence-corrected chi connectivity index (χ2v) is 5.50. The number of aryl methyl sites for hydroxylation is 1. The molecule has 0 atom stereocenters. The van der Waals surface area contributed by atoms with Crippen LogP contribution in [0.25, 0.3) is 0 Å². The van der Waals surface area contributed by atoms with Crippen molar-refractivity contribution in [2.24, 2.45) is 0 Å². The van der Waals surface area contributed by atoms with Gasteiger partial charge in [-0.05, 0) is 37.3 Å². The van der Waals surface area contributed by atoms with Crippen molar-refractivity contribution in [1.82, 2.24) is 15.1 Å². The highest BCUT2D eigenvalue weighted by molar-refractivity contribution is 5.94. The molecule has 0 N–H and O–H groups in total. The summed E-state index contributed by atoms with van der Waals surface area (Å²) in [4.78, 5) is 16.5. The molecule has 1 aromatic carbocycles. The van der Waals surface area contributed by atoms with E-state index >= 15 is 0 Å². The standard InChI is InChI=1S/C17H17N5O/c1-13-5-6-16(20-19-13)21-7-9-22(10-8-21)17(23)15-4-2-3-14(11-15)12-18/h2-6,11H,7-10H2,1H3. The molecular formula is C17H17N5O. The van der Waals surface area contributed by atoms with Crippen molar-refractivity contribution in [3.8, 4) is 6.07 Å². The fourth-order valence-corrected chi connectivity index (χ4v) is 2.60. The quantitative estimate of drug-likeness (QED) is 0.843. The van der Waals surface area contributed by atoms with Gasteiger partial charge < -0.3 is 9.80 Å². The molecule has 1 saturated heterocycles. The predicted octanol–water partition coefficient (Wildman–Crippen LogP) is 1.62. The monoisotopic (exact) mass is 307 g/mol. The first kappa shape index (κ1) is 15.0. The molecule has 1 aliphatic rings. The number of rotatable bonds is 2. The summed E-state index contributed by atoms with van der Waals surface area (Å²) in [6, 6.07) is 12.8. The fraction of sp³-hybridized carbons (Fsp3) is 0.294. The zero-order valence-corrected chi connectivity index (χ0v) is 12.9. The van der Waals surface area contributed by atoms with Gasteiger partial charge in [0, 0.05) is 31.7 Å². The lowest BCUT2D eigenvalue weighted by Gasteiger charge is -2.35. The van der Waals surface area contributed by atoms with E-state index in [9.17, 15) is 4.79 Å². The summed E-state index contributed by atoms with van der Waals surface area (Å²) in [5.74, 6) is 0.811. The van der Waals surface area contributed by atoms with Crippen LogP contribution < -0.4 is 4.90 Å². The van der Waals surface area contributed by atoms with Crippen molar-refractivity contribution in [3.63, 3.8) is 0 Å². The molecule has 1 amide bonds. The second-order valence-electron chi connectivity index (χ2n) is 5.50. The molecule has 23 heavy (non-hydrogen) atoms. The number of aromatic nitrogens is 2. The van der Waals surface area contributed by atoms with Gasteiger partial charge in [-0.2, -0.15) is 10.4 Å². The number of carbonyl (C=O) groups is 1. The molecule has 0 spiro atoms. The normalized spacial score (nSPS) is 14.4. The number of anilines is 1. The molecule has 3 rings (SSSR count). The Morgan fingerprint density at radius 1 is 1.13 bits per heavy atom. The van der Waals surface area contributed by atoms with Crippen molar-refractivity contribution in [2.45, 2.75) is 6.92 Å². The van der Waals surface area contributed by atoms with Gasteiger partial charge >= 0.3 is 0 Å². The minimum absolute atomic E-state index is 0.0308. The van der Waals surface area contributed by atoms with E-state index in [1.165, 1.54) is 0 Å². The first-order valence-electron chi connectivity index (χ1n) is 7.52. The van der Waals surface area contributed by atoms with Crippen LogP contribution in [-0.4, -0.2) is 47.2 Å². The Hall–Kier alpha value is -2.94. The van der Waals surface area contributed by atoms with Crippen molar-refractivity contribution in [3.05, 3.63) is 53.2 Å². The second kappa shape index (κ2) is 6.44. The van der Waals surface area contributed by atoms with Crippen LogP contribution in [0, 0.1) is 18.3 Å². The molecule has 0 bridgehead atoms. The van der Waals surface area contributed by atoms with Gasteiger partial charge in [0.2, 0.25) is 0 Å². The van der Waals surface area contributed by atoms with E-state index < -0.39 is 0 Å². The lowest BCUT2D eigenvalue weighted by molar-refractivity contribution is 0.0746. The van der Waals surface area contributed by atoms with Crippen LogP contribution in [0.1, 0.15) is 21.6 Å². The van der Waals surface area contributed by atoms with E-state index in [0.717, 1.165) is 24.6 Å². The van der Waals surface area contributed by atoms with Crippen LogP contribution >= 0.6 is 0 Å². The number of hydrogen-bond donors (Lipinski definition) is 0. The Balaban J connectivity index is 1.65. The molecule has 6 heteroatoms. The van der Waals surface area contributed by atoms with Crippen molar-refractivity contribution >= 4 is 11.7 Å². The molecular weight excluding hydrogens is 290 g/mol. The maximum atomic E-state index is 12.5. The van der Waals surface area contributed by atoms with Crippen molar-refractivity contribution in [1.29, 1.82) is 5.26 Å². The van der Waals surface area contributed by atoms with Gasteiger partial charge in [-0.15, -0.1) is 5.10 Å². The van der Waals surface area contributed by atoms with E-state index in [4.69, 9.17) is 5.26 Å². The summed E-state index contributed by atoms with van der Waals surface area (Å²) in [7, 11) is 0. The van der Waals surface area contributed by atoms with Crippen LogP contribution in [-0.2, 0) is 0 Å². The first-order valence-corrected chi connectivity index (χ1v) is 7.52. The Labute approximate surface area is 135 Å². The maximum absolute atomic E-state index is 12.5. The lowest BCUT2D eigenvalue weighted by Crippen LogP contribution is -2.49. The Morgan fingerprint density at radius 2 is 1.91 bits per heavy atom. The average molecular weight is 307 g/mol. The fourth-order valence-electron chi connectivity index (χ4n) is 2.60. The number of nitriles is 1. The average Bonchev–Trinajstić information content (AvgIpc) is 2.62. The van der Waals surface area contributed by atoms with Crippen molar-refractivity contribution in [2.75, 3.05) is 31.1 Å². The third kappa shape index (κ3) is 3.29. The zero-order chi connectivity index (χ0) is 16.2. The third-order valence-electron chi connectivity index (χ3n) is 3.91. The first-order chi connectivity index (χ1) is 11.2. The highest BCUT2D eigenvalue weighted by atomic mass is 16.2. The summed E-state index contributed by atoms with van der Waals surface area (Å²) in [6.45, 7) is 4.61. The molecule has 0 aliphatic carbocycles. The molecule has 2 aromatic rings. The zero-order valence-electron chi connectivity index (χ0n) is 12.9. The number of piperazine rings is 1. The predicted molar refractivity (Wildman–Crippen MR) is 86.0 cm³/mol. The van der Waals surface area contributed by atoms with Gasteiger partial charge in [-0.25, -0.2) is 0 Å². The maximum Gasteiger partial charge on any atom is 0.254 e. The Morgan fingerprint density at radius 3 is 2.57 bits per heavy atom. The molecule has 116 valence electrons. The minimum atomic E-state index is -0.0308. The number of benzene rings is 1. The van der Waals surface area contributed by atoms with Crippen LogP contribution in [0.15, 0.2) is 36.4 Å². The third-order valence-corrected chi connectivity index (χ3v) is 3.91.